The van der Waals surface area contributed by atoms with Crippen LogP contribution in [0.2, 0.25) is 0 Å². The topological polar surface area (TPSA) is 47.6 Å². The second-order valence-corrected chi connectivity index (χ2v) is 4.40. The molecule has 100 valence electrons. The van der Waals surface area contributed by atoms with Crippen molar-refractivity contribution in [2.24, 2.45) is 0 Å². The number of terminal acetylenes is 1. The maximum absolute atomic E-state index is 12.0. The summed E-state index contributed by atoms with van der Waals surface area (Å²) in [7, 11) is 0. The van der Waals surface area contributed by atoms with E-state index in [0.29, 0.717) is 17.9 Å². The van der Waals surface area contributed by atoms with Gasteiger partial charge in [-0.2, -0.15) is 0 Å². The first-order valence-corrected chi connectivity index (χ1v) is 6.34. The molecule has 0 radical (unpaired) electrons. The molecule has 1 aliphatic heterocycles. The number of carbonyl (C=O) groups excluding carboxylic acids is 1. The summed E-state index contributed by atoms with van der Waals surface area (Å²) in [6.45, 7) is 1.60. The van der Waals surface area contributed by atoms with Crippen LogP contribution >= 0.6 is 0 Å². The zero-order valence-corrected chi connectivity index (χ0v) is 10.7. The Balaban J connectivity index is 1.89. The van der Waals surface area contributed by atoms with Crippen LogP contribution in [0.4, 0.5) is 0 Å². The third-order valence-corrected chi connectivity index (χ3v) is 2.93. The highest BCUT2D eigenvalue weighted by Gasteiger charge is 2.16. The molecule has 1 heterocycles. The number of amides is 1. The van der Waals surface area contributed by atoms with E-state index in [0.717, 1.165) is 19.4 Å². The van der Waals surface area contributed by atoms with Crippen LogP contribution in [0.3, 0.4) is 0 Å². The monoisotopic (exact) mass is 259 g/mol. The van der Waals surface area contributed by atoms with Crippen molar-refractivity contribution in [1.82, 2.24) is 5.32 Å². The van der Waals surface area contributed by atoms with Crippen LogP contribution in [0.25, 0.3) is 0 Å². The summed E-state index contributed by atoms with van der Waals surface area (Å²) in [5.41, 5.74) is 0.610. The molecule has 2 rings (SSSR count). The quantitative estimate of drug-likeness (QED) is 0.836. The summed E-state index contributed by atoms with van der Waals surface area (Å²) < 4.78 is 10.6. The third kappa shape index (κ3) is 4.01. The Kier molecular flexibility index (Phi) is 4.82. The fourth-order valence-corrected chi connectivity index (χ4v) is 1.95. The van der Waals surface area contributed by atoms with E-state index < -0.39 is 0 Å². The van der Waals surface area contributed by atoms with Gasteiger partial charge in [-0.05, 0) is 37.1 Å². The van der Waals surface area contributed by atoms with Crippen molar-refractivity contribution in [3.05, 3.63) is 29.8 Å². The molecular formula is C15H17NO3. The van der Waals surface area contributed by atoms with Gasteiger partial charge in [0.25, 0.3) is 5.91 Å². The van der Waals surface area contributed by atoms with E-state index in [1.807, 2.05) is 0 Å². The van der Waals surface area contributed by atoms with E-state index in [9.17, 15) is 4.79 Å². The van der Waals surface area contributed by atoms with Gasteiger partial charge in [-0.15, -0.1) is 6.42 Å². The molecule has 1 aromatic carbocycles. The highest BCUT2D eigenvalue weighted by atomic mass is 16.5. The molecule has 1 aliphatic rings. The lowest BCUT2D eigenvalue weighted by Crippen LogP contribution is -2.40. The zero-order valence-electron chi connectivity index (χ0n) is 10.7. The lowest BCUT2D eigenvalue weighted by atomic mass is 10.1. The van der Waals surface area contributed by atoms with Gasteiger partial charge >= 0.3 is 0 Å². The van der Waals surface area contributed by atoms with Crippen LogP contribution in [0.15, 0.2) is 24.3 Å². The molecule has 4 nitrogen and oxygen atoms in total. The van der Waals surface area contributed by atoms with Crippen molar-refractivity contribution in [3.8, 4) is 18.1 Å². The van der Waals surface area contributed by atoms with Crippen LogP contribution in [-0.4, -0.2) is 31.8 Å². The summed E-state index contributed by atoms with van der Waals surface area (Å²) >= 11 is 0. The molecular weight excluding hydrogens is 242 g/mol. The van der Waals surface area contributed by atoms with E-state index in [1.54, 1.807) is 24.3 Å². The molecule has 1 atom stereocenters. The Morgan fingerprint density at radius 1 is 1.47 bits per heavy atom. The first-order valence-electron chi connectivity index (χ1n) is 6.34. The van der Waals surface area contributed by atoms with E-state index in [-0.39, 0.29) is 18.6 Å². The molecule has 1 aromatic rings. The van der Waals surface area contributed by atoms with Crippen molar-refractivity contribution in [3.63, 3.8) is 0 Å². The summed E-state index contributed by atoms with van der Waals surface area (Å²) in [6.07, 6.45) is 7.06. The molecule has 0 bridgehead atoms. The Morgan fingerprint density at radius 2 is 2.26 bits per heavy atom. The zero-order chi connectivity index (χ0) is 13.5. The standard InChI is InChI=1S/C15H17NO3/c1-2-9-19-14-7-5-12(6-8-14)15(17)16-13-4-3-10-18-11-13/h1,5-8,13H,3-4,9-11H2,(H,16,17). The second-order valence-electron chi connectivity index (χ2n) is 4.40. The summed E-state index contributed by atoms with van der Waals surface area (Å²) in [6, 6.07) is 7.04. The highest BCUT2D eigenvalue weighted by Crippen LogP contribution is 2.13. The molecule has 0 aliphatic carbocycles. The first kappa shape index (κ1) is 13.4. The molecule has 1 saturated heterocycles. The predicted molar refractivity (Wildman–Crippen MR) is 72.1 cm³/mol. The minimum atomic E-state index is -0.0843. The van der Waals surface area contributed by atoms with Crippen molar-refractivity contribution in [2.45, 2.75) is 18.9 Å². The summed E-state index contributed by atoms with van der Waals surface area (Å²) in [5, 5.41) is 2.96. The van der Waals surface area contributed by atoms with E-state index in [2.05, 4.69) is 11.2 Å². The lowest BCUT2D eigenvalue weighted by molar-refractivity contribution is 0.0624. The van der Waals surface area contributed by atoms with E-state index >= 15 is 0 Å². The minimum absolute atomic E-state index is 0.0843. The molecule has 0 spiro atoms. The third-order valence-electron chi connectivity index (χ3n) is 2.93. The number of ether oxygens (including phenoxy) is 2. The van der Waals surface area contributed by atoms with Crippen molar-refractivity contribution >= 4 is 5.91 Å². The van der Waals surface area contributed by atoms with Crippen LogP contribution < -0.4 is 10.1 Å². The molecule has 0 saturated carbocycles. The average Bonchev–Trinajstić information content (AvgIpc) is 2.46. The summed E-state index contributed by atoms with van der Waals surface area (Å²) in [5.74, 6) is 2.97. The number of carbonyl (C=O) groups is 1. The molecule has 1 amide bonds. The maximum Gasteiger partial charge on any atom is 0.251 e. The van der Waals surface area contributed by atoms with Crippen molar-refractivity contribution in [1.29, 1.82) is 0 Å². The maximum atomic E-state index is 12.0. The van der Waals surface area contributed by atoms with Gasteiger partial charge in [0, 0.05) is 12.2 Å². The molecule has 0 aromatic heterocycles. The van der Waals surface area contributed by atoms with Crippen LogP contribution in [0, 0.1) is 12.3 Å². The van der Waals surface area contributed by atoms with Gasteiger partial charge in [0.15, 0.2) is 0 Å². The fourth-order valence-electron chi connectivity index (χ4n) is 1.95. The number of nitrogens with one attached hydrogen (secondary N) is 1. The molecule has 4 heteroatoms. The highest BCUT2D eigenvalue weighted by molar-refractivity contribution is 5.94. The van der Waals surface area contributed by atoms with Crippen LogP contribution in [-0.2, 0) is 4.74 Å². The lowest BCUT2D eigenvalue weighted by Gasteiger charge is -2.23. The van der Waals surface area contributed by atoms with Crippen LogP contribution in [0.1, 0.15) is 23.2 Å². The smallest absolute Gasteiger partial charge is 0.251 e. The largest absolute Gasteiger partial charge is 0.481 e. The SMILES string of the molecule is C#CCOc1ccc(C(=O)NC2CCCOC2)cc1. The van der Waals surface area contributed by atoms with Gasteiger partial charge in [-0.3, -0.25) is 4.79 Å². The first-order chi connectivity index (χ1) is 9.29. The van der Waals surface area contributed by atoms with Gasteiger partial charge in [0.2, 0.25) is 0 Å². The molecule has 19 heavy (non-hydrogen) atoms. The van der Waals surface area contributed by atoms with Gasteiger partial charge < -0.3 is 14.8 Å². The number of rotatable bonds is 4. The Hall–Kier alpha value is -1.99. The number of hydrogen-bond acceptors (Lipinski definition) is 3. The molecule has 1 fully saturated rings. The van der Waals surface area contributed by atoms with Gasteiger partial charge in [-0.25, -0.2) is 0 Å². The fraction of sp³-hybridized carbons (Fsp3) is 0.400. The van der Waals surface area contributed by atoms with Crippen molar-refractivity contribution in [2.75, 3.05) is 19.8 Å². The predicted octanol–water partition coefficient (Wildman–Crippen LogP) is 1.61. The van der Waals surface area contributed by atoms with E-state index in [1.165, 1.54) is 0 Å². The number of benzene rings is 1. The molecule has 1 N–H and O–H groups in total. The molecule has 1 unspecified atom stereocenters. The minimum Gasteiger partial charge on any atom is -0.481 e. The second kappa shape index (κ2) is 6.81. The average molecular weight is 259 g/mol. The Labute approximate surface area is 113 Å². The van der Waals surface area contributed by atoms with Crippen LogP contribution in [0.5, 0.6) is 5.75 Å². The normalized spacial score (nSPS) is 18.4. The summed E-state index contributed by atoms with van der Waals surface area (Å²) in [4.78, 5) is 12.0. The van der Waals surface area contributed by atoms with Gasteiger partial charge in [-0.1, -0.05) is 5.92 Å². The Bertz CT molecular complexity index is 455. The van der Waals surface area contributed by atoms with E-state index in [4.69, 9.17) is 15.9 Å². The van der Waals surface area contributed by atoms with Gasteiger partial charge in [0.1, 0.15) is 12.4 Å². The number of hydrogen-bond donors (Lipinski definition) is 1. The van der Waals surface area contributed by atoms with Gasteiger partial charge in [0.05, 0.1) is 12.6 Å². The van der Waals surface area contributed by atoms with Crippen molar-refractivity contribution < 1.29 is 14.3 Å². The Morgan fingerprint density at radius 3 is 2.89 bits per heavy atom.